The summed E-state index contributed by atoms with van der Waals surface area (Å²) in [6.45, 7) is 2.19. The molecule has 0 spiro atoms. The summed E-state index contributed by atoms with van der Waals surface area (Å²) in [7, 11) is 0. The van der Waals surface area contributed by atoms with Crippen LogP contribution < -0.4 is 5.32 Å². The second-order valence-corrected chi connectivity index (χ2v) is 5.34. The highest BCUT2D eigenvalue weighted by molar-refractivity contribution is 7.16. The summed E-state index contributed by atoms with van der Waals surface area (Å²) in [6.07, 6.45) is 1.82. The number of fused-ring (bicyclic) bond motifs is 1. The number of benzene rings is 1. The molecule has 2 aromatic heterocycles. The summed E-state index contributed by atoms with van der Waals surface area (Å²) >= 11 is 1.41. The summed E-state index contributed by atoms with van der Waals surface area (Å²) < 4.78 is 14.7. The minimum atomic E-state index is -0.430. The molecule has 5 nitrogen and oxygen atoms in total. The second kappa shape index (κ2) is 5.01. The lowest BCUT2D eigenvalue weighted by atomic mass is 10.2. The number of carbonyl (C=O) groups excluding carboxylic acids is 1. The van der Waals surface area contributed by atoms with Gasteiger partial charge in [-0.15, -0.1) is 0 Å². The van der Waals surface area contributed by atoms with E-state index in [4.69, 9.17) is 0 Å². The van der Waals surface area contributed by atoms with Gasteiger partial charge in [0.25, 0.3) is 5.91 Å². The fourth-order valence-electron chi connectivity index (χ4n) is 1.81. The molecule has 3 aromatic rings. The minimum absolute atomic E-state index is 0.294. The normalized spacial score (nSPS) is 10.9. The van der Waals surface area contributed by atoms with Crippen molar-refractivity contribution in [2.24, 2.45) is 0 Å². The molecule has 1 amide bonds. The molecule has 3 rings (SSSR count). The largest absolute Gasteiger partial charge is 0.345 e. The maximum absolute atomic E-state index is 13.0. The van der Waals surface area contributed by atoms with Gasteiger partial charge in [0, 0.05) is 5.56 Å². The van der Waals surface area contributed by atoms with Crippen LogP contribution in [0.1, 0.15) is 21.1 Å². The van der Waals surface area contributed by atoms with E-state index in [1.807, 2.05) is 13.1 Å². The summed E-state index contributed by atoms with van der Waals surface area (Å²) in [4.78, 5) is 16.9. The van der Waals surface area contributed by atoms with Gasteiger partial charge in [-0.25, -0.2) is 13.9 Å². The average molecular weight is 290 g/mol. The molecular weight excluding hydrogens is 279 g/mol. The highest BCUT2D eigenvalue weighted by Crippen LogP contribution is 2.14. The third-order valence-corrected chi connectivity index (χ3v) is 3.61. The topological polar surface area (TPSA) is 59.3 Å². The SMILES string of the molecule is Cc1cn2nc(CNC(=O)c3cccc(F)c3)sc2n1. The molecule has 7 heteroatoms. The Hall–Kier alpha value is -2.28. The van der Waals surface area contributed by atoms with E-state index in [9.17, 15) is 9.18 Å². The number of hydrogen-bond donors (Lipinski definition) is 1. The molecule has 20 heavy (non-hydrogen) atoms. The van der Waals surface area contributed by atoms with Gasteiger partial charge < -0.3 is 5.32 Å². The Kier molecular flexibility index (Phi) is 3.19. The van der Waals surface area contributed by atoms with E-state index in [0.717, 1.165) is 15.7 Å². The quantitative estimate of drug-likeness (QED) is 0.804. The Morgan fingerprint density at radius 1 is 1.50 bits per heavy atom. The first kappa shape index (κ1) is 12.7. The number of nitrogens with one attached hydrogen (secondary N) is 1. The van der Waals surface area contributed by atoms with Crippen LogP contribution in [0.25, 0.3) is 4.96 Å². The van der Waals surface area contributed by atoms with E-state index in [0.29, 0.717) is 12.1 Å². The smallest absolute Gasteiger partial charge is 0.251 e. The van der Waals surface area contributed by atoms with Crippen molar-refractivity contribution >= 4 is 22.2 Å². The van der Waals surface area contributed by atoms with Gasteiger partial charge in [0.05, 0.1) is 18.4 Å². The monoisotopic (exact) mass is 290 g/mol. The zero-order valence-corrected chi connectivity index (χ0v) is 11.4. The van der Waals surface area contributed by atoms with Crippen molar-refractivity contribution in [2.75, 3.05) is 0 Å². The maximum Gasteiger partial charge on any atom is 0.251 e. The molecule has 0 bridgehead atoms. The van der Waals surface area contributed by atoms with Crippen molar-refractivity contribution in [1.82, 2.24) is 19.9 Å². The highest BCUT2D eigenvalue weighted by Gasteiger charge is 2.09. The molecular formula is C13H11FN4OS. The van der Waals surface area contributed by atoms with Crippen molar-refractivity contribution < 1.29 is 9.18 Å². The Balaban J connectivity index is 1.69. The molecule has 0 fully saturated rings. The van der Waals surface area contributed by atoms with E-state index in [-0.39, 0.29) is 5.91 Å². The van der Waals surface area contributed by atoms with Gasteiger partial charge in [0.15, 0.2) is 0 Å². The van der Waals surface area contributed by atoms with Crippen LogP contribution in [0.2, 0.25) is 0 Å². The van der Waals surface area contributed by atoms with Crippen LogP contribution >= 0.6 is 11.3 Å². The molecule has 1 N–H and O–H groups in total. The molecule has 0 saturated carbocycles. The Labute approximate surface area is 118 Å². The average Bonchev–Trinajstić information content (AvgIpc) is 2.92. The third kappa shape index (κ3) is 2.53. The number of imidazole rings is 1. The lowest BCUT2D eigenvalue weighted by Gasteiger charge is -2.02. The van der Waals surface area contributed by atoms with Crippen molar-refractivity contribution in [3.63, 3.8) is 0 Å². The van der Waals surface area contributed by atoms with Crippen molar-refractivity contribution in [3.05, 3.63) is 52.5 Å². The zero-order chi connectivity index (χ0) is 14.1. The molecule has 2 heterocycles. The van der Waals surface area contributed by atoms with E-state index in [2.05, 4.69) is 15.4 Å². The molecule has 0 radical (unpaired) electrons. The van der Waals surface area contributed by atoms with Crippen LogP contribution in [0.5, 0.6) is 0 Å². The molecule has 1 aromatic carbocycles. The maximum atomic E-state index is 13.0. The summed E-state index contributed by atoms with van der Waals surface area (Å²) in [5, 5.41) is 7.76. The van der Waals surface area contributed by atoms with Crippen LogP contribution in [0.3, 0.4) is 0 Å². The van der Waals surface area contributed by atoms with Gasteiger partial charge in [0.2, 0.25) is 4.96 Å². The number of rotatable bonds is 3. The number of nitrogens with zero attached hydrogens (tertiary/aromatic N) is 3. The van der Waals surface area contributed by atoms with Crippen molar-refractivity contribution in [3.8, 4) is 0 Å². The van der Waals surface area contributed by atoms with Crippen molar-refractivity contribution in [2.45, 2.75) is 13.5 Å². The summed E-state index contributed by atoms with van der Waals surface area (Å²) in [5.41, 5.74) is 1.20. The van der Waals surface area contributed by atoms with E-state index in [1.54, 1.807) is 10.6 Å². The first-order chi connectivity index (χ1) is 9.61. The van der Waals surface area contributed by atoms with Crippen LogP contribution in [-0.2, 0) is 6.54 Å². The molecule has 0 atom stereocenters. The number of aromatic nitrogens is 3. The molecule has 102 valence electrons. The van der Waals surface area contributed by atoms with Gasteiger partial charge in [-0.2, -0.15) is 5.10 Å². The van der Waals surface area contributed by atoms with Crippen LogP contribution in [0, 0.1) is 12.7 Å². The van der Waals surface area contributed by atoms with Crippen LogP contribution in [-0.4, -0.2) is 20.5 Å². The summed E-state index contributed by atoms with van der Waals surface area (Å²) in [6, 6.07) is 5.57. The second-order valence-electron chi connectivity index (χ2n) is 4.30. The number of aryl methyl sites for hydroxylation is 1. The molecule has 0 aliphatic rings. The lowest BCUT2D eigenvalue weighted by molar-refractivity contribution is 0.0950. The number of carbonyl (C=O) groups is 1. The molecule has 0 aliphatic heterocycles. The van der Waals surface area contributed by atoms with Crippen LogP contribution in [0.4, 0.5) is 4.39 Å². The van der Waals surface area contributed by atoms with E-state index < -0.39 is 5.82 Å². The molecule has 0 aliphatic carbocycles. The Morgan fingerprint density at radius 2 is 2.35 bits per heavy atom. The highest BCUT2D eigenvalue weighted by atomic mass is 32.1. The lowest BCUT2D eigenvalue weighted by Crippen LogP contribution is -2.22. The fraction of sp³-hybridized carbons (Fsp3) is 0.154. The zero-order valence-electron chi connectivity index (χ0n) is 10.6. The number of hydrogen-bond acceptors (Lipinski definition) is 4. The van der Waals surface area contributed by atoms with Crippen molar-refractivity contribution in [1.29, 1.82) is 0 Å². The Bertz CT molecular complexity index is 748. The number of halogens is 1. The van der Waals surface area contributed by atoms with Gasteiger partial charge in [0.1, 0.15) is 10.8 Å². The fourth-order valence-corrected chi connectivity index (χ4v) is 2.67. The third-order valence-electron chi connectivity index (χ3n) is 2.69. The summed E-state index contributed by atoms with van der Waals surface area (Å²) in [5.74, 6) is -0.755. The molecule has 0 unspecified atom stereocenters. The Morgan fingerprint density at radius 3 is 3.10 bits per heavy atom. The van der Waals surface area contributed by atoms with E-state index in [1.165, 1.54) is 29.5 Å². The standard InChI is InChI=1S/C13H11FN4OS/c1-8-7-18-13(16-8)20-11(17-18)6-15-12(19)9-3-2-4-10(14)5-9/h2-5,7H,6H2,1H3,(H,15,19). The van der Waals surface area contributed by atoms with Crippen LogP contribution in [0.15, 0.2) is 30.5 Å². The molecule has 0 saturated heterocycles. The number of amides is 1. The first-order valence-corrected chi connectivity index (χ1v) is 6.79. The van der Waals surface area contributed by atoms with Gasteiger partial charge in [-0.1, -0.05) is 17.4 Å². The predicted molar refractivity (Wildman–Crippen MR) is 73.2 cm³/mol. The minimum Gasteiger partial charge on any atom is -0.345 e. The predicted octanol–water partition coefficient (Wildman–Crippen LogP) is 2.17. The van der Waals surface area contributed by atoms with E-state index >= 15 is 0 Å². The van der Waals surface area contributed by atoms with Gasteiger partial charge >= 0.3 is 0 Å². The van der Waals surface area contributed by atoms with Gasteiger partial charge in [-0.3, -0.25) is 4.79 Å². The van der Waals surface area contributed by atoms with Gasteiger partial charge in [-0.05, 0) is 25.1 Å². The first-order valence-electron chi connectivity index (χ1n) is 5.97.